The van der Waals surface area contributed by atoms with Crippen LogP contribution >= 0.6 is 0 Å². The van der Waals surface area contributed by atoms with Crippen molar-refractivity contribution in [2.45, 2.75) is 303 Å². The SMILES string of the molecule is CCCCCCCC/C=C/CCCCCCCC(=O)OCC(COC(=O)CCCCCCC/C=C/CCCCCCCC)OC(=O)CCCCCCCCCCCCCCCC. The monoisotopic (exact) mass is 873 g/mol. The van der Waals surface area contributed by atoms with Crippen molar-refractivity contribution in [3.8, 4) is 0 Å². The standard InChI is InChI=1S/C56H104O6/c1-4-7-10-13-16-19-22-25-28-31-33-36-39-42-45-48-54(57)60-51-53(62-56(59)50-47-44-41-38-35-30-27-24-21-18-15-12-9-6-3)52-61-55(58)49-46-43-40-37-34-32-29-26-23-20-17-14-11-8-5-2/h25-26,28-29,53H,4-24,27,30-52H2,1-3H3/b28-25+,29-26+. The highest BCUT2D eigenvalue weighted by molar-refractivity contribution is 5.71. The molecule has 0 aliphatic rings. The molecule has 0 unspecified atom stereocenters. The van der Waals surface area contributed by atoms with Crippen LogP contribution in [0, 0.1) is 0 Å². The van der Waals surface area contributed by atoms with Crippen LogP contribution in [0.15, 0.2) is 24.3 Å². The van der Waals surface area contributed by atoms with E-state index in [0.717, 1.165) is 70.6 Å². The van der Waals surface area contributed by atoms with Crippen LogP contribution in [-0.4, -0.2) is 37.2 Å². The average Bonchev–Trinajstić information content (AvgIpc) is 3.27. The van der Waals surface area contributed by atoms with Gasteiger partial charge in [-0.2, -0.15) is 0 Å². The summed E-state index contributed by atoms with van der Waals surface area (Å²) in [5.41, 5.74) is 0. The largest absolute Gasteiger partial charge is 0.462 e. The van der Waals surface area contributed by atoms with Gasteiger partial charge in [0, 0.05) is 19.3 Å². The Morgan fingerprint density at radius 3 is 0.806 bits per heavy atom. The zero-order chi connectivity index (χ0) is 45.1. The van der Waals surface area contributed by atoms with E-state index in [-0.39, 0.29) is 31.1 Å². The molecular weight excluding hydrogens is 769 g/mol. The number of unbranched alkanes of at least 4 members (excludes halogenated alkanes) is 35. The van der Waals surface area contributed by atoms with Gasteiger partial charge in [-0.1, -0.05) is 231 Å². The summed E-state index contributed by atoms with van der Waals surface area (Å²) < 4.78 is 16.8. The third-order valence-electron chi connectivity index (χ3n) is 12.2. The maximum Gasteiger partial charge on any atom is 0.306 e. The summed E-state index contributed by atoms with van der Waals surface area (Å²) >= 11 is 0. The van der Waals surface area contributed by atoms with E-state index in [1.54, 1.807) is 0 Å². The summed E-state index contributed by atoms with van der Waals surface area (Å²) in [6.07, 6.45) is 58.7. The average molecular weight is 873 g/mol. The molecule has 0 amide bonds. The molecule has 0 rings (SSSR count). The molecule has 0 radical (unpaired) electrons. The van der Waals surface area contributed by atoms with Crippen molar-refractivity contribution in [1.29, 1.82) is 0 Å². The van der Waals surface area contributed by atoms with E-state index in [1.807, 2.05) is 0 Å². The van der Waals surface area contributed by atoms with Gasteiger partial charge in [0.2, 0.25) is 0 Å². The zero-order valence-corrected chi connectivity index (χ0v) is 41.7. The van der Waals surface area contributed by atoms with Crippen molar-refractivity contribution in [1.82, 2.24) is 0 Å². The van der Waals surface area contributed by atoms with Crippen molar-refractivity contribution in [2.75, 3.05) is 13.2 Å². The first-order valence-electron chi connectivity index (χ1n) is 27.3. The van der Waals surface area contributed by atoms with Gasteiger partial charge < -0.3 is 14.2 Å². The van der Waals surface area contributed by atoms with Gasteiger partial charge in [0.1, 0.15) is 13.2 Å². The number of hydrogen-bond donors (Lipinski definition) is 0. The van der Waals surface area contributed by atoms with E-state index >= 15 is 0 Å². The Kier molecular flexibility index (Phi) is 49.8. The van der Waals surface area contributed by atoms with Crippen molar-refractivity contribution in [3.63, 3.8) is 0 Å². The van der Waals surface area contributed by atoms with Crippen molar-refractivity contribution in [3.05, 3.63) is 24.3 Å². The minimum atomic E-state index is -0.773. The molecule has 0 aromatic heterocycles. The first-order chi connectivity index (χ1) is 30.5. The van der Waals surface area contributed by atoms with E-state index in [0.29, 0.717) is 19.3 Å². The van der Waals surface area contributed by atoms with Crippen LogP contribution in [0.1, 0.15) is 297 Å². The second-order valence-electron chi connectivity index (χ2n) is 18.5. The molecule has 0 saturated carbocycles. The predicted molar refractivity (Wildman–Crippen MR) is 266 cm³/mol. The highest BCUT2D eigenvalue weighted by Gasteiger charge is 2.19. The van der Waals surface area contributed by atoms with Crippen molar-refractivity contribution in [2.24, 2.45) is 0 Å². The summed E-state index contributed by atoms with van der Waals surface area (Å²) in [5, 5.41) is 0. The highest BCUT2D eigenvalue weighted by Crippen LogP contribution is 2.16. The molecule has 364 valence electrons. The Bertz CT molecular complexity index is 948. The van der Waals surface area contributed by atoms with Gasteiger partial charge in [-0.25, -0.2) is 0 Å². The Labute approximate surface area is 385 Å². The number of ether oxygens (including phenoxy) is 3. The molecule has 0 saturated heterocycles. The van der Waals surface area contributed by atoms with Gasteiger partial charge in [-0.15, -0.1) is 0 Å². The van der Waals surface area contributed by atoms with E-state index in [2.05, 4.69) is 45.1 Å². The van der Waals surface area contributed by atoms with Gasteiger partial charge in [0.05, 0.1) is 0 Å². The van der Waals surface area contributed by atoms with Crippen LogP contribution < -0.4 is 0 Å². The van der Waals surface area contributed by atoms with E-state index in [9.17, 15) is 14.4 Å². The molecule has 0 heterocycles. The summed E-state index contributed by atoms with van der Waals surface area (Å²) in [4.78, 5) is 38.0. The molecule has 0 aliphatic carbocycles. The van der Waals surface area contributed by atoms with E-state index in [1.165, 1.54) is 186 Å². The predicted octanol–water partition coefficient (Wildman–Crippen LogP) is 17.9. The molecule has 0 N–H and O–H groups in total. The second kappa shape index (κ2) is 51.5. The molecule has 0 fully saturated rings. The molecule has 6 nitrogen and oxygen atoms in total. The first kappa shape index (κ1) is 59.9. The molecule has 0 atom stereocenters. The summed E-state index contributed by atoms with van der Waals surface area (Å²) in [6, 6.07) is 0. The van der Waals surface area contributed by atoms with Gasteiger partial charge in [-0.3, -0.25) is 14.4 Å². The summed E-state index contributed by atoms with van der Waals surface area (Å²) in [5.74, 6) is -0.874. The molecule has 0 aromatic rings. The van der Waals surface area contributed by atoms with Gasteiger partial charge in [0.25, 0.3) is 0 Å². The Morgan fingerprint density at radius 2 is 0.532 bits per heavy atom. The lowest BCUT2D eigenvalue weighted by atomic mass is 10.0. The number of carbonyl (C=O) groups excluding carboxylic acids is 3. The molecule has 0 aliphatic heterocycles. The zero-order valence-electron chi connectivity index (χ0n) is 41.7. The van der Waals surface area contributed by atoms with Crippen LogP contribution in [0.3, 0.4) is 0 Å². The molecule has 0 spiro atoms. The molecule has 0 aromatic carbocycles. The van der Waals surface area contributed by atoms with E-state index < -0.39 is 6.10 Å². The van der Waals surface area contributed by atoms with Crippen LogP contribution in [-0.2, 0) is 28.6 Å². The summed E-state index contributed by atoms with van der Waals surface area (Å²) in [6.45, 7) is 6.65. The number of allylic oxidation sites excluding steroid dienone is 4. The quantitative estimate of drug-likeness (QED) is 0.0262. The van der Waals surface area contributed by atoms with E-state index in [4.69, 9.17) is 14.2 Å². The van der Waals surface area contributed by atoms with Crippen LogP contribution in [0.4, 0.5) is 0 Å². The van der Waals surface area contributed by atoms with Crippen LogP contribution in [0.5, 0.6) is 0 Å². The lowest BCUT2D eigenvalue weighted by molar-refractivity contribution is -0.167. The van der Waals surface area contributed by atoms with Gasteiger partial charge in [-0.05, 0) is 70.6 Å². The third kappa shape index (κ3) is 48.9. The van der Waals surface area contributed by atoms with Gasteiger partial charge >= 0.3 is 17.9 Å². The molecule has 6 heteroatoms. The number of hydrogen-bond acceptors (Lipinski definition) is 6. The van der Waals surface area contributed by atoms with Crippen LogP contribution in [0.25, 0.3) is 0 Å². The maximum atomic E-state index is 12.8. The van der Waals surface area contributed by atoms with Gasteiger partial charge in [0.15, 0.2) is 6.10 Å². The van der Waals surface area contributed by atoms with Crippen molar-refractivity contribution < 1.29 is 28.6 Å². The second-order valence-corrected chi connectivity index (χ2v) is 18.5. The van der Waals surface area contributed by atoms with Crippen LogP contribution in [0.2, 0.25) is 0 Å². The molecule has 62 heavy (non-hydrogen) atoms. The highest BCUT2D eigenvalue weighted by atomic mass is 16.6. The minimum absolute atomic E-state index is 0.0743. The normalized spacial score (nSPS) is 11.7. The fourth-order valence-corrected chi connectivity index (χ4v) is 8.02. The fraction of sp³-hybridized carbons (Fsp3) is 0.875. The topological polar surface area (TPSA) is 78.9 Å². The van der Waals surface area contributed by atoms with Crippen molar-refractivity contribution >= 4 is 17.9 Å². The lowest BCUT2D eigenvalue weighted by Crippen LogP contribution is -2.30. The molecule has 0 bridgehead atoms. The smallest absolute Gasteiger partial charge is 0.306 e. The Balaban J connectivity index is 4.36. The summed E-state index contributed by atoms with van der Waals surface area (Å²) in [7, 11) is 0. The number of esters is 3. The first-order valence-corrected chi connectivity index (χ1v) is 27.3. The third-order valence-corrected chi connectivity index (χ3v) is 12.2. The maximum absolute atomic E-state index is 12.8. The lowest BCUT2D eigenvalue weighted by Gasteiger charge is -2.18. The minimum Gasteiger partial charge on any atom is -0.462 e. The number of carbonyl (C=O) groups is 3. The fourth-order valence-electron chi connectivity index (χ4n) is 8.02. The molecular formula is C56H104O6. The Morgan fingerprint density at radius 1 is 0.306 bits per heavy atom. The Hall–Kier alpha value is -2.11. The number of rotatable bonds is 50.